The van der Waals surface area contributed by atoms with Gasteiger partial charge in [-0.25, -0.2) is 0 Å². The maximum atomic E-state index is 12.9. The molecular formula is C19H30F3IN4O. The molecule has 1 aliphatic heterocycles. The molecule has 1 heterocycles. The van der Waals surface area contributed by atoms with Crippen molar-refractivity contribution in [2.75, 3.05) is 46.9 Å². The Morgan fingerprint density at radius 2 is 1.79 bits per heavy atom. The molecule has 0 radical (unpaired) electrons. The first-order chi connectivity index (χ1) is 12.8. The van der Waals surface area contributed by atoms with Gasteiger partial charge in [-0.1, -0.05) is 25.1 Å². The molecule has 2 rings (SSSR count). The Bertz CT molecular complexity index is 634. The zero-order chi connectivity index (χ0) is 20.0. The van der Waals surface area contributed by atoms with E-state index in [1.807, 2.05) is 29.2 Å². The molecule has 1 aromatic rings. The molecular weight excluding hydrogens is 484 g/mol. The van der Waals surface area contributed by atoms with Gasteiger partial charge in [0, 0.05) is 45.7 Å². The third-order valence-electron chi connectivity index (χ3n) is 5.08. The molecule has 28 heavy (non-hydrogen) atoms. The van der Waals surface area contributed by atoms with Crippen molar-refractivity contribution in [2.24, 2.45) is 4.99 Å². The number of guanidine groups is 1. The molecule has 1 saturated heterocycles. The molecule has 0 amide bonds. The summed E-state index contributed by atoms with van der Waals surface area (Å²) in [6, 6.07) is 6.46. The molecule has 2 unspecified atom stereocenters. The van der Waals surface area contributed by atoms with E-state index in [0.717, 1.165) is 17.3 Å². The summed E-state index contributed by atoms with van der Waals surface area (Å²) in [5.74, 6) is 1.76. The molecule has 0 aromatic heterocycles. The van der Waals surface area contributed by atoms with E-state index in [9.17, 15) is 13.2 Å². The molecule has 1 N–H and O–H groups in total. The standard InChI is InChI=1S/C19H29F3N4O.HI/c1-14(16-7-5-6-8-17(16)27-4)13-24-18(23-3)26-11-9-25(10-12-26)15(2)19(20,21)22;/h5-8,14-15H,9-13H2,1-4H3,(H,23,24);1H. The molecule has 1 aliphatic rings. The minimum atomic E-state index is -4.19. The van der Waals surface area contributed by atoms with E-state index in [1.165, 1.54) is 11.8 Å². The van der Waals surface area contributed by atoms with Crippen LogP contribution in [0.5, 0.6) is 5.75 Å². The lowest BCUT2D eigenvalue weighted by Gasteiger charge is -2.39. The van der Waals surface area contributed by atoms with E-state index >= 15 is 0 Å². The minimum Gasteiger partial charge on any atom is -0.496 e. The van der Waals surface area contributed by atoms with Crippen LogP contribution in [0.3, 0.4) is 0 Å². The Morgan fingerprint density at radius 1 is 1.18 bits per heavy atom. The Kier molecular flexibility index (Phi) is 9.82. The molecule has 0 bridgehead atoms. The fourth-order valence-corrected chi connectivity index (χ4v) is 3.29. The van der Waals surface area contributed by atoms with Crippen LogP contribution in [0.25, 0.3) is 0 Å². The fourth-order valence-electron chi connectivity index (χ4n) is 3.29. The van der Waals surface area contributed by atoms with Gasteiger partial charge in [0.05, 0.1) is 7.11 Å². The lowest BCUT2D eigenvalue weighted by Crippen LogP contribution is -2.57. The highest BCUT2D eigenvalue weighted by Crippen LogP contribution is 2.26. The van der Waals surface area contributed by atoms with Crippen LogP contribution in [0.15, 0.2) is 29.3 Å². The van der Waals surface area contributed by atoms with Crippen molar-refractivity contribution in [1.29, 1.82) is 0 Å². The van der Waals surface area contributed by atoms with Gasteiger partial charge in [-0.05, 0) is 18.6 Å². The van der Waals surface area contributed by atoms with E-state index in [0.29, 0.717) is 32.7 Å². The predicted molar refractivity (Wildman–Crippen MR) is 117 cm³/mol. The highest BCUT2D eigenvalue weighted by molar-refractivity contribution is 14.0. The largest absolute Gasteiger partial charge is 0.496 e. The Morgan fingerprint density at radius 3 is 2.32 bits per heavy atom. The van der Waals surface area contributed by atoms with Gasteiger partial charge in [0.1, 0.15) is 11.8 Å². The Labute approximate surface area is 182 Å². The SMILES string of the molecule is CN=C(NCC(C)c1ccccc1OC)N1CCN(C(C)C(F)(F)F)CC1.I. The fraction of sp³-hybridized carbons (Fsp3) is 0.632. The van der Waals surface area contributed by atoms with E-state index in [1.54, 1.807) is 14.2 Å². The van der Waals surface area contributed by atoms with Crippen LogP contribution >= 0.6 is 24.0 Å². The molecule has 5 nitrogen and oxygen atoms in total. The van der Waals surface area contributed by atoms with Crippen LogP contribution in [0.4, 0.5) is 13.2 Å². The quantitative estimate of drug-likeness (QED) is 0.371. The first-order valence-corrected chi connectivity index (χ1v) is 9.17. The van der Waals surface area contributed by atoms with Crippen molar-refractivity contribution in [2.45, 2.75) is 32.0 Å². The van der Waals surface area contributed by atoms with Gasteiger partial charge in [-0.15, -0.1) is 24.0 Å². The summed E-state index contributed by atoms with van der Waals surface area (Å²) >= 11 is 0. The number of para-hydroxylation sites is 1. The topological polar surface area (TPSA) is 40.1 Å². The number of rotatable bonds is 5. The number of nitrogens with zero attached hydrogens (tertiary/aromatic N) is 3. The van der Waals surface area contributed by atoms with Crippen molar-refractivity contribution < 1.29 is 17.9 Å². The van der Waals surface area contributed by atoms with Crippen LogP contribution in [0.2, 0.25) is 0 Å². The van der Waals surface area contributed by atoms with Gasteiger partial charge in [-0.3, -0.25) is 9.89 Å². The van der Waals surface area contributed by atoms with Crippen LogP contribution < -0.4 is 10.1 Å². The third-order valence-corrected chi connectivity index (χ3v) is 5.08. The minimum absolute atomic E-state index is 0. The number of nitrogens with one attached hydrogen (secondary N) is 1. The van der Waals surface area contributed by atoms with Gasteiger partial charge in [0.2, 0.25) is 0 Å². The second-order valence-corrected chi connectivity index (χ2v) is 6.81. The Hall–Kier alpha value is -1.23. The third kappa shape index (κ3) is 6.40. The van der Waals surface area contributed by atoms with Gasteiger partial charge >= 0.3 is 6.18 Å². The van der Waals surface area contributed by atoms with Crippen molar-refractivity contribution in [3.63, 3.8) is 0 Å². The summed E-state index contributed by atoms with van der Waals surface area (Å²) in [5.41, 5.74) is 1.10. The van der Waals surface area contributed by atoms with Gasteiger partial charge in [0.15, 0.2) is 5.96 Å². The molecule has 0 aliphatic carbocycles. The monoisotopic (exact) mass is 514 g/mol. The molecule has 1 fully saturated rings. The lowest BCUT2D eigenvalue weighted by molar-refractivity contribution is -0.181. The van der Waals surface area contributed by atoms with Crippen molar-refractivity contribution in [1.82, 2.24) is 15.1 Å². The predicted octanol–water partition coefficient (Wildman–Crippen LogP) is 3.56. The first-order valence-electron chi connectivity index (χ1n) is 9.17. The number of aliphatic imine (C=N–C) groups is 1. The van der Waals surface area contributed by atoms with Crippen molar-refractivity contribution in [3.8, 4) is 5.75 Å². The second kappa shape index (κ2) is 11.1. The van der Waals surface area contributed by atoms with Gasteiger partial charge in [0.25, 0.3) is 0 Å². The first kappa shape index (κ1) is 24.8. The molecule has 160 valence electrons. The number of alkyl halides is 3. The summed E-state index contributed by atoms with van der Waals surface area (Å²) in [4.78, 5) is 7.78. The summed E-state index contributed by atoms with van der Waals surface area (Å²) in [7, 11) is 3.35. The maximum absolute atomic E-state index is 12.9. The summed E-state index contributed by atoms with van der Waals surface area (Å²) < 4.78 is 44.1. The van der Waals surface area contributed by atoms with Crippen LogP contribution in [0, 0.1) is 0 Å². The molecule has 0 spiro atoms. The lowest BCUT2D eigenvalue weighted by atomic mass is 10.0. The number of halogens is 4. The number of piperazine rings is 1. The zero-order valence-corrected chi connectivity index (χ0v) is 19.1. The number of ether oxygens (including phenoxy) is 1. The summed E-state index contributed by atoms with van der Waals surface area (Å²) in [6.45, 7) is 5.74. The van der Waals surface area contributed by atoms with Crippen LogP contribution in [0.1, 0.15) is 25.3 Å². The summed E-state index contributed by atoms with van der Waals surface area (Å²) in [5, 5.41) is 3.34. The van der Waals surface area contributed by atoms with Crippen LogP contribution in [-0.4, -0.2) is 74.9 Å². The smallest absolute Gasteiger partial charge is 0.403 e. The number of hydrogen-bond acceptors (Lipinski definition) is 3. The Balaban J connectivity index is 0.00000392. The summed E-state index contributed by atoms with van der Waals surface area (Å²) in [6.07, 6.45) is -4.19. The van der Waals surface area contributed by atoms with E-state index in [4.69, 9.17) is 4.74 Å². The van der Waals surface area contributed by atoms with Crippen molar-refractivity contribution >= 4 is 29.9 Å². The molecule has 1 aromatic carbocycles. The van der Waals surface area contributed by atoms with Crippen LogP contribution in [-0.2, 0) is 0 Å². The molecule has 9 heteroatoms. The number of hydrogen-bond donors (Lipinski definition) is 1. The van der Waals surface area contributed by atoms with Gasteiger partial charge < -0.3 is 15.0 Å². The molecule has 2 atom stereocenters. The highest BCUT2D eigenvalue weighted by Gasteiger charge is 2.41. The average Bonchev–Trinajstić information content (AvgIpc) is 2.67. The number of benzene rings is 1. The zero-order valence-electron chi connectivity index (χ0n) is 16.8. The van der Waals surface area contributed by atoms with Crippen molar-refractivity contribution in [3.05, 3.63) is 29.8 Å². The van der Waals surface area contributed by atoms with E-state index < -0.39 is 12.2 Å². The van der Waals surface area contributed by atoms with E-state index in [2.05, 4.69) is 17.2 Å². The second-order valence-electron chi connectivity index (χ2n) is 6.81. The molecule has 0 saturated carbocycles. The number of methoxy groups -OCH3 is 1. The maximum Gasteiger partial charge on any atom is 0.403 e. The highest BCUT2D eigenvalue weighted by atomic mass is 127. The van der Waals surface area contributed by atoms with Gasteiger partial charge in [-0.2, -0.15) is 13.2 Å². The average molecular weight is 514 g/mol. The van der Waals surface area contributed by atoms with E-state index in [-0.39, 0.29) is 29.9 Å². The normalized spacial score (nSPS) is 18.2.